The molecule has 2 aromatic heterocycles. The van der Waals surface area contributed by atoms with Crippen LogP contribution in [0.15, 0.2) is 154 Å². The first-order valence-electron chi connectivity index (χ1n) is 18.9. The van der Waals surface area contributed by atoms with E-state index < -0.39 is 0 Å². The normalized spacial score (nSPS) is 22.0. The molecule has 0 radical (unpaired) electrons. The summed E-state index contributed by atoms with van der Waals surface area (Å²) in [6.45, 7) is 0. The number of fused-ring (bicyclic) bond motifs is 8. The van der Waals surface area contributed by atoms with Gasteiger partial charge < -0.3 is 13.9 Å². The molecule has 0 bridgehead atoms. The summed E-state index contributed by atoms with van der Waals surface area (Å²) >= 11 is 0. The van der Waals surface area contributed by atoms with Crippen molar-refractivity contribution in [3.8, 4) is 5.69 Å². The highest BCUT2D eigenvalue weighted by molar-refractivity contribution is 5.94. The maximum absolute atomic E-state index is 6.27. The molecule has 0 amide bonds. The van der Waals surface area contributed by atoms with Gasteiger partial charge >= 0.3 is 0 Å². The molecule has 3 nitrogen and oxygen atoms in total. The Labute approximate surface area is 299 Å². The highest BCUT2D eigenvalue weighted by Gasteiger charge is 2.39. The van der Waals surface area contributed by atoms with Gasteiger partial charge in [-0.2, -0.15) is 0 Å². The van der Waals surface area contributed by atoms with Gasteiger partial charge in [-0.1, -0.05) is 97.1 Å². The number of aryl methyl sites for hydroxylation is 1. The van der Waals surface area contributed by atoms with Crippen molar-refractivity contribution >= 4 is 39.6 Å². The van der Waals surface area contributed by atoms with Gasteiger partial charge in [-0.3, -0.25) is 0 Å². The number of hydrogen-bond acceptors (Lipinski definition) is 2. The second kappa shape index (κ2) is 11.5. The van der Waals surface area contributed by atoms with Crippen LogP contribution in [-0.2, 0) is 12.8 Å². The Hall–Kier alpha value is -5.54. The lowest BCUT2D eigenvalue weighted by Gasteiger charge is -2.35. The molecule has 0 fully saturated rings. The van der Waals surface area contributed by atoms with Crippen LogP contribution in [0.5, 0.6) is 0 Å². The van der Waals surface area contributed by atoms with E-state index in [2.05, 4.69) is 143 Å². The highest BCUT2D eigenvalue weighted by Crippen LogP contribution is 2.48. The Balaban J connectivity index is 0.932. The molecule has 3 heterocycles. The summed E-state index contributed by atoms with van der Waals surface area (Å²) < 4.78 is 8.74. The standard InChI is InChI=1S/C48H40N2O/c1-2-10-31(11-3-1)32-18-22-35(23-19-32)49-43-15-7-4-12-37(43)40-28-33(20-25-45(40)49)34-21-26-46-41(29-34)38-13-5-8-16-44(38)50(46)36-24-27-48-42(30-36)39-14-6-9-17-47(39)51-48/h1-6,8,10-14,16,18,20-22,24,26-28,30,34,45H,7,9,15,17,19,23,25,29H2. The Morgan fingerprint density at radius 1 is 0.765 bits per heavy atom. The molecule has 0 N–H and O–H groups in total. The van der Waals surface area contributed by atoms with Crippen molar-refractivity contribution in [3.63, 3.8) is 0 Å². The van der Waals surface area contributed by atoms with Crippen molar-refractivity contribution in [1.29, 1.82) is 0 Å². The number of nitrogens with zero attached hydrogens (tertiary/aromatic N) is 2. The third-order valence-corrected chi connectivity index (χ3v) is 12.1. The van der Waals surface area contributed by atoms with Gasteiger partial charge in [-0.25, -0.2) is 0 Å². The van der Waals surface area contributed by atoms with Crippen LogP contribution in [0.25, 0.3) is 45.3 Å². The van der Waals surface area contributed by atoms with E-state index in [4.69, 9.17) is 4.42 Å². The molecule has 2 atom stereocenters. The second-order valence-electron chi connectivity index (χ2n) is 14.9. The molecule has 0 spiro atoms. The molecule has 3 heteroatoms. The predicted octanol–water partition coefficient (Wildman–Crippen LogP) is 11.8. The lowest BCUT2D eigenvalue weighted by Crippen LogP contribution is -2.32. The molecule has 0 saturated heterocycles. The largest absolute Gasteiger partial charge is 0.460 e. The lowest BCUT2D eigenvalue weighted by atomic mass is 9.80. The summed E-state index contributed by atoms with van der Waals surface area (Å²) in [6, 6.07) is 27.0. The molecular weight excluding hydrogens is 621 g/mol. The number of furan rings is 1. The van der Waals surface area contributed by atoms with E-state index >= 15 is 0 Å². The van der Waals surface area contributed by atoms with Gasteiger partial charge in [-0.15, -0.1) is 0 Å². The first-order valence-corrected chi connectivity index (χ1v) is 18.9. The van der Waals surface area contributed by atoms with Crippen molar-refractivity contribution in [2.75, 3.05) is 0 Å². The van der Waals surface area contributed by atoms with Crippen LogP contribution < -0.4 is 0 Å². The summed E-state index contributed by atoms with van der Waals surface area (Å²) in [5.74, 6) is 1.47. The zero-order valence-electron chi connectivity index (χ0n) is 28.8. The van der Waals surface area contributed by atoms with E-state index in [1.807, 2.05) is 0 Å². The maximum atomic E-state index is 6.27. The molecule has 11 rings (SSSR count). The fraction of sp³-hybridized carbons (Fsp3) is 0.208. The molecular formula is C48H40N2O. The third-order valence-electron chi connectivity index (χ3n) is 12.1. The van der Waals surface area contributed by atoms with Crippen LogP contribution >= 0.6 is 0 Å². The van der Waals surface area contributed by atoms with E-state index in [-0.39, 0.29) is 0 Å². The molecule has 5 aromatic rings. The topological polar surface area (TPSA) is 21.3 Å². The maximum Gasteiger partial charge on any atom is 0.135 e. The number of benzene rings is 3. The van der Waals surface area contributed by atoms with Gasteiger partial charge in [0.15, 0.2) is 0 Å². The summed E-state index contributed by atoms with van der Waals surface area (Å²) in [5, 5.41) is 2.57. The van der Waals surface area contributed by atoms with Gasteiger partial charge in [-0.05, 0) is 115 Å². The van der Waals surface area contributed by atoms with Crippen molar-refractivity contribution < 1.29 is 4.42 Å². The van der Waals surface area contributed by atoms with Crippen LogP contribution in [-0.4, -0.2) is 15.5 Å². The lowest BCUT2D eigenvalue weighted by molar-refractivity contribution is 0.349. The molecule has 1 aliphatic heterocycles. The second-order valence-corrected chi connectivity index (χ2v) is 14.9. The van der Waals surface area contributed by atoms with E-state index in [9.17, 15) is 0 Å². The summed E-state index contributed by atoms with van der Waals surface area (Å²) in [5.41, 5.74) is 17.7. The minimum atomic E-state index is 0.356. The van der Waals surface area contributed by atoms with Crippen LogP contribution in [0.2, 0.25) is 0 Å². The molecule has 51 heavy (non-hydrogen) atoms. The predicted molar refractivity (Wildman–Crippen MR) is 210 cm³/mol. The zero-order chi connectivity index (χ0) is 33.5. The molecule has 6 aliphatic rings. The average molecular weight is 661 g/mol. The Morgan fingerprint density at radius 3 is 2.57 bits per heavy atom. The Bertz CT molecular complexity index is 2540. The first kappa shape index (κ1) is 29.2. The van der Waals surface area contributed by atoms with Gasteiger partial charge in [0.1, 0.15) is 11.3 Å². The average Bonchev–Trinajstić information content (AvgIpc) is 3.85. The number of rotatable bonds is 4. The minimum absolute atomic E-state index is 0.356. The summed E-state index contributed by atoms with van der Waals surface area (Å²) in [6.07, 6.45) is 32.6. The van der Waals surface area contributed by atoms with Crippen molar-refractivity contribution in [1.82, 2.24) is 9.47 Å². The van der Waals surface area contributed by atoms with Crippen molar-refractivity contribution in [2.45, 2.75) is 57.4 Å². The van der Waals surface area contributed by atoms with Crippen LogP contribution in [0, 0.1) is 5.92 Å². The number of aromatic nitrogens is 1. The number of allylic oxidation sites excluding steroid dienone is 11. The smallest absolute Gasteiger partial charge is 0.135 e. The van der Waals surface area contributed by atoms with Crippen molar-refractivity contribution in [2.24, 2.45) is 5.92 Å². The van der Waals surface area contributed by atoms with Gasteiger partial charge in [0.05, 0.1) is 11.6 Å². The number of hydrogen-bond donors (Lipinski definition) is 0. The molecule has 248 valence electrons. The van der Waals surface area contributed by atoms with E-state index in [0.717, 1.165) is 62.7 Å². The van der Waals surface area contributed by atoms with Crippen molar-refractivity contribution in [3.05, 3.63) is 178 Å². The fourth-order valence-electron chi connectivity index (χ4n) is 9.71. The summed E-state index contributed by atoms with van der Waals surface area (Å²) in [7, 11) is 0. The highest BCUT2D eigenvalue weighted by atomic mass is 16.3. The number of para-hydroxylation sites is 1. The van der Waals surface area contributed by atoms with Crippen LogP contribution in [0.1, 0.15) is 66.7 Å². The van der Waals surface area contributed by atoms with E-state index in [1.54, 1.807) is 0 Å². The zero-order valence-corrected chi connectivity index (χ0v) is 28.8. The fourth-order valence-corrected chi connectivity index (χ4v) is 9.71. The Kier molecular flexibility index (Phi) is 6.59. The first-order chi connectivity index (χ1) is 25.3. The van der Waals surface area contributed by atoms with Crippen LogP contribution in [0.3, 0.4) is 0 Å². The van der Waals surface area contributed by atoms with Gasteiger partial charge in [0.25, 0.3) is 0 Å². The molecule has 0 saturated carbocycles. The van der Waals surface area contributed by atoms with Crippen LogP contribution in [0.4, 0.5) is 0 Å². The molecule has 5 aliphatic carbocycles. The van der Waals surface area contributed by atoms with Gasteiger partial charge in [0.2, 0.25) is 0 Å². The van der Waals surface area contributed by atoms with E-state index in [0.29, 0.717) is 12.0 Å². The third kappa shape index (κ3) is 4.57. The molecule has 3 aromatic carbocycles. The van der Waals surface area contributed by atoms with Gasteiger partial charge in [0, 0.05) is 51.5 Å². The minimum Gasteiger partial charge on any atom is -0.460 e. The molecule has 2 unspecified atom stereocenters. The SMILES string of the molecule is C1=CC2=C(CC1)N(C1=CC=C(c3ccccc3)CC1)C1CC=C(C3C=Cc4c(c5ccccc5n4-c4ccc5oc6c(c5c4)C=CCC6)C3)C=C21. The van der Waals surface area contributed by atoms with E-state index in [1.165, 1.54) is 78.0 Å². The quantitative estimate of drug-likeness (QED) is 0.191. The summed E-state index contributed by atoms with van der Waals surface area (Å²) in [4.78, 5) is 2.72. The monoisotopic (exact) mass is 660 g/mol. The Morgan fingerprint density at radius 2 is 1.65 bits per heavy atom.